The number of hydrogen-bond donors (Lipinski definition) is 0. The van der Waals surface area contributed by atoms with Gasteiger partial charge in [0.1, 0.15) is 54.6 Å². The van der Waals surface area contributed by atoms with E-state index in [1.54, 1.807) is 6.07 Å². The zero-order valence-electron chi connectivity index (χ0n) is 63.0. The van der Waals surface area contributed by atoms with Gasteiger partial charge in [-0.05, 0) is 164 Å². The first-order valence-electron chi connectivity index (χ1n) is 35.8. The minimum Gasteiger partial charge on any atom is -0.454 e. The molecule has 6 nitrogen and oxygen atoms in total. The number of aryl methyl sites for hydroxylation is 8. The first-order chi connectivity index (χ1) is 47.7. The Balaban J connectivity index is 0.000000135. The van der Waals surface area contributed by atoms with Crippen molar-refractivity contribution in [2.75, 3.05) is 0 Å². The molecule has 0 spiro atoms. The molecule has 0 aliphatic heterocycles. The van der Waals surface area contributed by atoms with Gasteiger partial charge in [0, 0.05) is 84.9 Å². The van der Waals surface area contributed by atoms with Crippen LogP contribution in [-0.2, 0) is 21.1 Å². The quantitative estimate of drug-likeness (QED) is 0.135. The molecule has 0 aliphatic rings. The Kier molecular flexibility index (Phi) is 15.5. The van der Waals surface area contributed by atoms with Gasteiger partial charge in [-0.1, -0.05) is 181 Å². The van der Waals surface area contributed by atoms with Crippen LogP contribution >= 0.6 is 0 Å². The predicted octanol–water partition coefficient (Wildman–Crippen LogP) is 23.1. The van der Waals surface area contributed by atoms with E-state index in [9.17, 15) is 0 Å². The van der Waals surface area contributed by atoms with Crippen LogP contribution in [0, 0.1) is 55.4 Å². The summed E-state index contributed by atoms with van der Waals surface area (Å²) in [5.41, 5.74) is 31.1. The Morgan fingerprint density at radius 2 is 0.737 bits per heavy atom. The lowest BCUT2D eigenvalue weighted by Crippen LogP contribution is -2.32. The Labute approximate surface area is 567 Å². The van der Waals surface area contributed by atoms with Crippen LogP contribution in [0.2, 0.25) is 0 Å². The minimum absolute atomic E-state index is 0.146. The summed E-state index contributed by atoms with van der Waals surface area (Å²) < 4.78 is 67.9. The molecule has 0 fully saturated rings. The molecule has 0 saturated carbocycles. The number of para-hydroxylation sites is 2. The molecule has 0 amide bonds. The molecule has 6 heterocycles. The van der Waals surface area contributed by atoms with Crippen LogP contribution in [0.5, 0.6) is 0 Å². The molecule has 95 heavy (non-hydrogen) atoms. The van der Waals surface area contributed by atoms with Crippen molar-refractivity contribution in [2.45, 2.75) is 115 Å². The summed E-state index contributed by atoms with van der Waals surface area (Å²) in [6, 6.07) is 53.9. The lowest BCUT2D eigenvalue weighted by molar-refractivity contribution is -0.660. The number of aromatic nitrogens is 3. The number of rotatable bonds is 9. The van der Waals surface area contributed by atoms with Crippen molar-refractivity contribution < 1.29 is 33.8 Å². The van der Waals surface area contributed by atoms with E-state index in [4.69, 9.17) is 20.1 Å². The van der Waals surface area contributed by atoms with Crippen LogP contribution < -0.4 is 13.7 Å². The molecular formula is C89H88N3O3+3. The number of fused-ring (bicyclic) bond motifs is 9. The van der Waals surface area contributed by atoms with Crippen molar-refractivity contribution in [3.8, 4) is 67.2 Å². The van der Waals surface area contributed by atoms with Gasteiger partial charge in [0.15, 0.2) is 18.6 Å². The Hall–Kier alpha value is -10.2. The van der Waals surface area contributed by atoms with Gasteiger partial charge in [-0.3, -0.25) is 0 Å². The highest BCUT2D eigenvalue weighted by molar-refractivity contribution is 6.16. The third-order valence-electron chi connectivity index (χ3n) is 19.8. The SMILES string of the molecule is Cc1c[n+](C)c(-c2c(C)c(C)cc3c2oc2c(-c4ccccc4)cccc23)cc1C(C)C.Cc1cc2c(oc3c(-c4ccccc4)c(C)ccc32)c(-c2cc(C(C)C)cc[n+]2C)c1C.[2H]c1c([2H])c([2H])c(-c2cccc3c2oc2c(-c4cc(C(C)C)cc[n+]4C)c(C)c(C)cc23)c([2H])c1[2H]. The summed E-state index contributed by atoms with van der Waals surface area (Å²) in [7, 11) is 6.28. The van der Waals surface area contributed by atoms with Gasteiger partial charge in [0.25, 0.3) is 0 Å². The zero-order chi connectivity index (χ0) is 71.2. The van der Waals surface area contributed by atoms with E-state index >= 15 is 0 Å². The van der Waals surface area contributed by atoms with Gasteiger partial charge in [0.05, 0.1) is 23.5 Å². The molecule has 0 radical (unpaired) electrons. The molecule has 15 rings (SSSR count). The van der Waals surface area contributed by atoms with E-state index in [0.717, 1.165) is 66.6 Å². The molecule has 15 aromatic rings. The van der Waals surface area contributed by atoms with Crippen LogP contribution in [0.3, 0.4) is 0 Å². The normalized spacial score (nSPS) is 12.4. The van der Waals surface area contributed by atoms with Gasteiger partial charge >= 0.3 is 0 Å². The maximum atomic E-state index is 8.50. The molecule has 6 aromatic heterocycles. The monoisotopic (exact) mass is 1250 g/mol. The first-order valence-corrected chi connectivity index (χ1v) is 33.3. The number of nitrogens with zero attached hydrogens (tertiary/aromatic N) is 3. The predicted molar refractivity (Wildman–Crippen MR) is 397 cm³/mol. The van der Waals surface area contributed by atoms with Crippen LogP contribution in [0.1, 0.15) is 127 Å². The van der Waals surface area contributed by atoms with Gasteiger partial charge in [-0.2, -0.15) is 0 Å². The highest BCUT2D eigenvalue weighted by atomic mass is 16.3. The Bertz CT molecular complexity index is 5750. The zero-order valence-corrected chi connectivity index (χ0v) is 58.0. The van der Waals surface area contributed by atoms with Crippen LogP contribution in [-0.4, -0.2) is 0 Å². The summed E-state index contributed by atoms with van der Waals surface area (Å²) >= 11 is 0. The number of furan rings is 3. The van der Waals surface area contributed by atoms with E-state index in [2.05, 4.69) is 283 Å². The molecule has 0 unspecified atom stereocenters. The van der Waals surface area contributed by atoms with Gasteiger partial charge in [-0.15, -0.1) is 0 Å². The maximum Gasteiger partial charge on any atom is 0.216 e. The molecule has 0 atom stereocenters. The van der Waals surface area contributed by atoms with Crippen molar-refractivity contribution in [1.82, 2.24) is 0 Å². The molecule has 0 aliphatic carbocycles. The second kappa shape index (κ2) is 25.6. The van der Waals surface area contributed by atoms with Crippen molar-refractivity contribution in [3.63, 3.8) is 0 Å². The van der Waals surface area contributed by atoms with Crippen molar-refractivity contribution >= 4 is 65.8 Å². The minimum atomic E-state index is -0.406. The Morgan fingerprint density at radius 3 is 1.19 bits per heavy atom. The standard InChI is InChI=1S/2C30H30NO.C29H28NO/c1-18(2)25-16-27(31(6)17-20(25)4)28-21(5)19(3)15-26-24-14-10-13-23(29(24)32-30(26)28)22-11-8-7-9-12-22;1-18(2)23-14-15-31(6)26(17-23)28-21(5)20(4)16-25-24-13-12-19(3)27(29(24)32-30(25)28)22-10-8-7-9-11-22;1-18(2)22-14-15-30(5)26(17-22)27-20(4)19(3)16-25-24-13-9-12-23(28(24)31-29(25)27)21-10-7-6-8-11-21/h2*7-18H,1-6H3;6-18H,1-5H3/q3*+1/i;;6D,7D,8D,10D,11D. The summed E-state index contributed by atoms with van der Waals surface area (Å²) in [6.07, 6.45) is 6.48. The summed E-state index contributed by atoms with van der Waals surface area (Å²) in [5, 5.41) is 6.50. The second-order valence-electron chi connectivity index (χ2n) is 27.0. The molecule has 0 N–H and O–H groups in total. The number of hydrogen-bond acceptors (Lipinski definition) is 3. The fourth-order valence-electron chi connectivity index (χ4n) is 14.0. The van der Waals surface area contributed by atoms with Crippen LogP contribution in [0.4, 0.5) is 0 Å². The van der Waals surface area contributed by atoms with Gasteiger partial charge in [-0.25, -0.2) is 13.7 Å². The van der Waals surface area contributed by atoms with Crippen molar-refractivity contribution in [2.24, 2.45) is 21.1 Å². The number of benzene rings is 9. The lowest BCUT2D eigenvalue weighted by Gasteiger charge is -2.13. The van der Waals surface area contributed by atoms with E-state index in [1.165, 1.54) is 111 Å². The largest absolute Gasteiger partial charge is 0.454 e. The molecule has 0 bridgehead atoms. The van der Waals surface area contributed by atoms with Crippen molar-refractivity contribution in [1.29, 1.82) is 0 Å². The Morgan fingerprint density at radius 1 is 0.326 bits per heavy atom. The van der Waals surface area contributed by atoms with E-state index in [1.807, 2.05) is 19.2 Å². The summed E-state index contributed by atoms with van der Waals surface area (Å²) in [5.74, 6) is 1.31. The summed E-state index contributed by atoms with van der Waals surface area (Å²) in [6.45, 7) is 30.7. The lowest BCUT2D eigenvalue weighted by atomic mass is 9.92. The van der Waals surface area contributed by atoms with Crippen LogP contribution in [0.25, 0.3) is 133 Å². The van der Waals surface area contributed by atoms with Gasteiger partial charge in [0.2, 0.25) is 17.1 Å². The highest BCUT2D eigenvalue weighted by Crippen LogP contribution is 2.46. The van der Waals surface area contributed by atoms with E-state index in [0.29, 0.717) is 28.9 Å². The smallest absolute Gasteiger partial charge is 0.216 e. The second-order valence-corrected chi connectivity index (χ2v) is 27.0. The number of pyridine rings is 3. The first kappa shape index (κ1) is 57.5. The molecule has 9 aromatic carbocycles. The molecule has 6 heteroatoms. The fraction of sp³-hybridized carbons (Fsp3) is 0.225. The maximum absolute atomic E-state index is 8.50. The molecule has 0 saturated heterocycles. The third-order valence-corrected chi connectivity index (χ3v) is 19.8. The third kappa shape index (κ3) is 11.5. The van der Waals surface area contributed by atoms with E-state index in [-0.39, 0.29) is 29.7 Å². The molecular weight excluding hydrogens is 1160 g/mol. The van der Waals surface area contributed by atoms with E-state index < -0.39 is 6.04 Å². The highest BCUT2D eigenvalue weighted by Gasteiger charge is 2.29. The fourth-order valence-corrected chi connectivity index (χ4v) is 14.0. The average molecular weight is 1250 g/mol. The van der Waals surface area contributed by atoms with Crippen molar-refractivity contribution in [3.05, 3.63) is 268 Å². The average Bonchev–Trinajstić information content (AvgIpc) is 1.58. The topological polar surface area (TPSA) is 51.1 Å². The van der Waals surface area contributed by atoms with Gasteiger partial charge < -0.3 is 13.3 Å². The molecule has 474 valence electrons. The summed E-state index contributed by atoms with van der Waals surface area (Å²) in [4.78, 5) is 0. The van der Waals surface area contributed by atoms with Crippen LogP contribution in [0.15, 0.2) is 220 Å².